The Labute approximate surface area is 190 Å². The number of benzene rings is 1. The Balaban J connectivity index is 1.34. The van der Waals surface area contributed by atoms with E-state index in [4.69, 9.17) is 4.74 Å². The van der Waals surface area contributed by atoms with Gasteiger partial charge in [-0.15, -0.1) is 21.5 Å². The number of hydrogen-bond donors (Lipinski definition) is 1. The Morgan fingerprint density at radius 2 is 2.10 bits per heavy atom. The van der Waals surface area contributed by atoms with Gasteiger partial charge in [-0.25, -0.2) is 4.98 Å². The number of anilines is 1. The van der Waals surface area contributed by atoms with Gasteiger partial charge in [0.25, 0.3) is 0 Å². The predicted octanol–water partition coefficient (Wildman–Crippen LogP) is 4.56. The van der Waals surface area contributed by atoms with Gasteiger partial charge >= 0.3 is 0 Å². The van der Waals surface area contributed by atoms with Crippen LogP contribution in [0, 0.1) is 13.8 Å². The largest absolute Gasteiger partial charge is 0.485 e. The monoisotopic (exact) mass is 457 g/mol. The first-order chi connectivity index (χ1) is 15.0. The number of fused-ring (bicyclic) bond motifs is 1. The van der Waals surface area contributed by atoms with Crippen molar-refractivity contribution in [1.29, 1.82) is 0 Å². The van der Waals surface area contributed by atoms with Crippen LogP contribution in [0.1, 0.15) is 47.3 Å². The number of carbonyl (C=O) groups excluding carboxylic acids is 1. The summed E-state index contributed by atoms with van der Waals surface area (Å²) in [5, 5.41) is 12.9. The van der Waals surface area contributed by atoms with Crippen LogP contribution >= 0.6 is 23.1 Å². The number of rotatable bonds is 8. The molecule has 3 aromatic rings. The molecule has 2 aromatic heterocycles. The highest BCUT2D eigenvalue weighted by molar-refractivity contribution is 7.99. The zero-order valence-electron chi connectivity index (χ0n) is 18.1. The SMILES string of the molecule is CCn1c(COc2cccc(C)c2C)nnc1SCC(=O)Nc1nc2c(s1)CCCC2. The lowest BCUT2D eigenvalue weighted by molar-refractivity contribution is -0.113. The number of carbonyl (C=O) groups is 1. The number of nitrogens with one attached hydrogen (secondary N) is 1. The predicted molar refractivity (Wildman–Crippen MR) is 124 cm³/mol. The lowest BCUT2D eigenvalue weighted by atomic mass is 10.0. The van der Waals surface area contributed by atoms with E-state index < -0.39 is 0 Å². The van der Waals surface area contributed by atoms with E-state index >= 15 is 0 Å². The average Bonchev–Trinajstić information content (AvgIpc) is 3.35. The standard InChI is InChI=1S/C22H27N5O2S2/c1-4-27-19(12-29-17-10-7-8-14(2)15(17)3)25-26-22(27)30-13-20(28)24-21-23-16-9-5-6-11-18(16)31-21/h7-8,10H,4-6,9,11-13H2,1-3H3,(H,23,24,28). The van der Waals surface area contributed by atoms with Crippen LogP contribution in [0.5, 0.6) is 5.75 Å². The molecule has 1 aliphatic carbocycles. The first-order valence-corrected chi connectivity index (χ1v) is 12.4. The van der Waals surface area contributed by atoms with E-state index in [2.05, 4.69) is 33.5 Å². The molecule has 2 heterocycles. The van der Waals surface area contributed by atoms with Gasteiger partial charge in [-0.2, -0.15) is 0 Å². The number of amides is 1. The Kier molecular flexibility index (Phi) is 6.92. The maximum Gasteiger partial charge on any atom is 0.236 e. The smallest absolute Gasteiger partial charge is 0.236 e. The molecule has 0 atom stereocenters. The highest BCUT2D eigenvalue weighted by Crippen LogP contribution is 2.30. The molecule has 0 saturated carbocycles. The first kappa shape index (κ1) is 21.8. The fraction of sp³-hybridized carbons (Fsp3) is 0.455. The van der Waals surface area contributed by atoms with Crippen molar-refractivity contribution in [2.75, 3.05) is 11.1 Å². The third kappa shape index (κ3) is 5.10. The number of ether oxygens (including phenoxy) is 1. The second kappa shape index (κ2) is 9.82. The highest BCUT2D eigenvalue weighted by Gasteiger charge is 2.18. The fourth-order valence-electron chi connectivity index (χ4n) is 3.56. The third-order valence-corrected chi connectivity index (χ3v) is 7.49. The van der Waals surface area contributed by atoms with Gasteiger partial charge in [0.1, 0.15) is 12.4 Å². The molecule has 0 unspecified atom stereocenters. The minimum Gasteiger partial charge on any atom is -0.485 e. The summed E-state index contributed by atoms with van der Waals surface area (Å²) in [5.41, 5.74) is 3.47. The van der Waals surface area contributed by atoms with Crippen LogP contribution in [0.4, 0.5) is 5.13 Å². The first-order valence-electron chi connectivity index (χ1n) is 10.6. The summed E-state index contributed by atoms with van der Waals surface area (Å²) in [6.45, 7) is 7.20. The minimum atomic E-state index is -0.0741. The minimum absolute atomic E-state index is 0.0741. The van der Waals surface area contributed by atoms with Gasteiger partial charge in [0.15, 0.2) is 16.1 Å². The van der Waals surface area contributed by atoms with Crippen molar-refractivity contribution in [2.45, 2.75) is 64.8 Å². The maximum absolute atomic E-state index is 12.4. The van der Waals surface area contributed by atoms with E-state index in [1.54, 1.807) is 11.3 Å². The number of aryl methyl sites for hydroxylation is 3. The Bertz CT molecular complexity index is 1050. The van der Waals surface area contributed by atoms with Gasteiger partial charge in [0, 0.05) is 11.4 Å². The van der Waals surface area contributed by atoms with E-state index in [0.717, 1.165) is 40.8 Å². The van der Waals surface area contributed by atoms with E-state index in [-0.39, 0.29) is 11.7 Å². The maximum atomic E-state index is 12.4. The number of hydrogen-bond acceptors (Lipinski definition) is 7. The molecule has 0 aliphatic heterocycles. The topological polar surface area (TPSA) is 81.9 Å². The average molecular weight is 458 g/mol. The van der Waals surface area contributed by atoms with E-state index in [0.29, 0.717) is 18.3 Å². The molecule has 31 heavy (non-hydrogen) atoms. The third-order valence-electron chi connectivity index (χ3n) is 5.45. The van der Waals surface area contributed by atoms with Crippen LogP contribution < -0.4 is 10.1 Å². The van der Waals surface area contributed by atoms with Crippen LogP contribution in [-0.4, -0.2) is 31.4 Å². The van der Waals surface area contributed by atoms with Crippen molar-refractivity contribution in [3.05, 3.63) is 45.7 Å². The second-order valence-corrected chi connectivity index (χ2v) is 9.59. The molecule has 1 aromatic carbocycles. The van der Waals surface area contributed by atoms with Gasteiger partial charge in [-0.3, -0.25) is 4.79 Å². The molecule has 7 nitrogen and oxygen atoms in total. The van der Waals surface area contributed by atoms with Crippen molar-refractivity contribution >= 4 is 34.1 Å². The van der Waals surface area contributed by atoms with E-state index in [1.807, 2.05) is 30.5 Å². The number of thioether (sulfide) groups is 1. The summed E-state index contributed by atoms with van der Waals surface area (Å²) >= 11 is 2.98. The van der Waals surface area contributed by atoms with Crippen LogP contribution in [-0.2, 0) is 30.8 Å². The van der Waals surface area contributed by atoms with Crippen LogP contribution in [0.15, 0.2) is 23.4 Å². The molecule has 1 amide bonds. The number of nitrogens with zero attached hydrogens (tertiary/aromatic N) is 4. The summed E-state index contributed by atoms with van der Waals surface area (Å²) in [5.74, 6) is 1.79. The molecule has 0 saturated heterocycles. The molecular weight excluding hydrogens is 430 g/mol. The van der Waals surface area contributed by atoms with E-state index in [9.17, 15) is 4.79 Å². The molecule has 9 heteroatoms. The lowest BCUT2D eigenvalue weighted by Gasteiger charge is -2.11. The van der Waals surface area contributed by atoms with Gasteiger partial charge < -0.3 is 14.6 Å². The fourth-order valence-corrected chi connectivity index (χ4v) is 5.45. The van der Waals surface area contributed by atoms with Gasteiger partial charge in [0.05, 0.1) is 11.4 Å². The lowest BCUT2D eigenvalue weighted by Crippen LogP contribution is -2.15. The van der Waals surface area contributed by atoms with Gasteiger partial charge in [-0.05, 0) is 63.6 Å². The quantitative estimate of drug-likeness (QED) is 0.500. The van der Waals surface area contributed by atoms with Gasteiger partial charge in [-0.1, -0.05) is 23.9 Å². The van der Waals surface area contributed by atoms with Crippen molar-refractivity contribution in [3.63, 3.8) is 0 Å². The molecule has 0 radical (unpaired) electrons. The van der Waals surface area contributed by atoms with Crippen LogP contribution in [0.3, 0.4) is 0 Å². The molecule has 0 spiro atoms. The van der Waals surface area contributed by atoms with Gasteiger partial charge in [0.2, 0.25) is 5.91 Å². The van der Waals surface area contributed by atoms with Crippen molar-refractivity contribution in [1.82, 2.24) is 19.7 Å². The number of aromatic nitrogens is 4. The van der Waals surface area contributed by atoms with Crippen molar-refractivity contribution in [3.8, 4) is 5.75 Å². The Morgan fingerprint density at radius 1 is 1.26 bits per heavy atom. The molecular formula is C22H27N5O2S2. The Morgan fingerprint density at radius 3 is 2.90 bits per heavy atom. The normalized spacial score (nSPS) is 13.1. The number of thiazole rings is 1. The second-order valence-electron chi connectivity index (χ2n) is 7.56. The Hall–Kier alpha value is -2.39. The summed E-state index contributed by atoms with van der Waals surface area (Å²) in [4.78, 5) is 18.3. The zero-order chi connectivity index (χ0) is 21.8. The van der Waals surface area contributed by atoms with Crippen LogP contribution in [0.2, 0.25) is 0 Å². The molecule has 1 aliphatic rings. The van der Waals surface area contributed by atoms with E-state index in [1.165, 1.54) is 35.0 Å². The molecule has 0 bridgehead atoms. The molecule has 164 valence electrons. The summed E-state index contributed by atoms with van der Waals surface area (Å²) < 4.78 is 7.98. The summed E-state index contributed by atoms with van der Waals surface area (Å²) in [6, 6.07) is 6.02. The zero-order valence-corrected chi connectivity index (χ0v) is 19.7. The molecule has 1 N–H and O–H groups in total. The summed E-state index contributed by atoms with van der Waals surface area (Å²) in [6.07, 6.45) is 4.48. The molecule has 0 fully saturated rings. The molecule has 4 rings (SSSR count). The van der Waals surface area contributed by atoms with Crippen molar-refractivity contribution < 1.29 is 9.53 Å². The van der Waals surface area contributed by atoms with Crippen molar-refractivity contribution in [2.24, 2.45) is 0 Å². The van der Waals surface area contributed by atoms with Crippen LogP contribution in [0.25, 0.3) is 0 Å². The highest BCUT2D eigenvalue weighted by atomic mass is 32.2. The summed E-state index contributed by atoms with van der Waals surface area (Å²) in [7, 11) is 0.